The Hall–Kier alpha value is -1.55. The van der Waals surface area contributed by atoms with Gasteiger partial charge in [-0.2, -0.15) is 0 Å². The lowest BCUT2D eigenvalue weighted by atomic mass is 10.1. The van der Waals surface area contributed by atoms with Crippen molar-refractivity contribution >= 4 is 11.7 Å². The van der Waals surface area contributed by atoms with Gasteiger partial charge in [0, 0.05) is 12.2 Å². The average molecular weight is 192 g/mol. The second-order valence-corrected chi connectivity index (χ2v) is 3.37. The van der Waals surface area contributed by atoms with Crippen molar-refractivity contribution in [2.24, 2.45) is 0 Å². The van der Waals surface area contributed by atoms with E-state index in [2.05, 4.69) is 5.32 Å². The van der Waals surface area contributed by atoms with Crippen LogP contribution in [0.25, 0.3) is 0 Å². The molecule has 0 amide bonds. The summed E-state index contributed by atoms with van der Waals surface area (Å²) in [6.07, 6.45) is 0. The number of benzene rings is 1. The molecule has 2 rings (SSSR count). The van der Waals surface area contributed by atoms with Crippen LogP contribution >= 0.6 is 0 Å². The van der Waals surface area contributed by atoms with E-state index in [0.717, 1.165) is 11.3 Å². The predicted molar refractivity (Wildman–Crippen MR) is 53.0 cm³/mol. The SMILES string of the molecule is O=C(O)CN1CNc2ccccc2C1. The van der Waals surface area contributed by atoms with Gasteiger partial charge in [-0.05, 0) is 11.6 Å². The zero-order valence-electron chi connectivity index (χ0n) is 7.73. The second-order valence-electron chi connectivity index (χ2n) is 3.37. The highest BCUT2D eigenvalue weighted by atomic mass is 16.4. The number of carbonyl (C=O) groups is 1. The zero-order chi connectivity index (χ0) is 9.97. The molecule has 1 aliphatic rings. The molecular formula is C10H12N2O2. The lowest BCUT2D eigenvalue weighted by Crippen LogP contribution is -2.37. The smallest absolute Gasteiger partial charge is 0.317 e. The number of anilines is 1. The van der Waals surface area contributed by atoms with Crippen LogP contribution in [0.4, 0.5) is 5.69 Å². The number of nitrogens with zero attached hydrogens (tertiary/aromatic N) is 1. The van der Waals surface area contributed by atoms with Gasteiger partial charge < -0.3 is 10.4 Å². The van der Waals surface area contributed by atoms with E-state index in [0.29, 0.717) is 13.2 Å². The van der Waals surface area contributed by atoms with Gasteiger partial charge in [0.2, 0.25) is 0 Å². The molecule has 0 bridgehead atoms. The minimum absolute atomic E-state index is 0.0847. The molecule has 0 aliphatic carbocycles. The fourth-order valence-electron chi connectivity index (χ4n) is 1.63. The molecule has 0 spiro atoms. The monoisotopic (exact) mass is 192 g/mol. The van der Waals surface area contributed by atoms with Crippen molar-refractivity contribution in [1.29, 1.82) is 0 Å². The highest BCUT2D eigenvalue weighted by Gasteiger charge is 2.16. The number of hydrogen-bond acceptors (Lipinski definition) is 3. The van der Waals surface area contributed by atoms with Crippen molar-refractivity contribution in [1.82, 2.24) is 4.90 Å². The molecule has 4 nitrogen and oxygen atoms in total. The Morgan fingerprint density at radius 2 is 2.29 bits per heavy atom. The van der Waals surface area contributed by atoms with Gasteiger partial charge in [0.05, 0.1) is 13.2 Å². The van der Waals surface area contributed by atoms with Crippen molar-refractivity contribution in [3.63, 3.8) is 0 Å². The van der Waals surface area contributed by atoms with E-state index in [-0.39, 0.29) is 6.54 Å². The fourth-order valence-corrected chi connectivity index (χ4v) is 1.63. The molecule has 0 atom stereocenters. The molecule has 1 aromatic rings. The number of fused-ring (bicyclic) bond motifs is 1. The Kier molecular flexibility index (Phi) is 2.37. The van der Waals surface area contributed by atoms with E-state index in [9.17, 15) is 4.79 Å². The molecular weight excluding hydrogens is 180 g/mol. The van der Waals surface area contributed by atoms with E-state index in [4.69, 9.17) is 5.11 Å². The summed E-state index contributed by atoms with van der Waals surface area (Å²) in [6.45, 7) is 1.39. The third kappa shape index (κ3) is 1.85. The quantitative estimate of drug-likeness (QED) is 0.732. The number of rotatable bonds is 2. The number of nitrogens with one attached hydrogen (secondary N) is 1. The topological polar surface area (TPSA) is 52.6 Å². The van der Waals surface area contributed by atoms with Crippen molar-refractivity contribution in [3.8, 4) is 0 Å². The third-order valence-corrected chi connectivity index (χ3v) is 2.26. The summed E-state index contributed by atoms with van der Waals surface area (Å²) in [5.41, 5.74) is 2.26. The standard InChI is InChI=1S/C10H12N2O2/c13-10(14)6-12-5-8-3-1-2-4-9(8)11-7-12/h1-4,11H,5-7H2,(H,13,14). The first kappa shape index (κ1) is 9.02. The molecule has 1 aliphatic heterocycles. The number of carboxylic acid groups (broad SMARTS) is 1. The minimum atomic E-state index is -0.786. The molecule has 0 radical (unpaired) electrons. The first-order valence-electron chi connectivity index (χ1n) is 4.51. The molecule has 0 saturated heterocycles. The fraction of sp³-hybridized carbons (Fsp3) is 0.300. The van der Waals surface area contributed by atoms with Gasteiger partial charge in [0.25, 0.3) is 0 Å². The summed E-state index contributed by atoms with van der Waals surface area (Å²) >= 11 is 0. The molecule has 0 saturated carbocycles. The lowest BCUT2D eigenvalue weighted by Gasteiger charge is -2.28. The van der Waals surface area contributed by atoms with Crippen molar-refractivity contribution < 1.29 is 9.90 Å². The maximum absolute atomic E-state index is 10.5. The number of carboxylic acids is 1. The molecule has 0 aromatic heterocycles. The molecule has 1 heterocycles. The Labute approximate surface area is 82.2 Å². The summed E-state index contributed by atoms with van der Waals surface area (Å²) < 4.78 is 0. The molecule has 0 fully saturated rings. The maximum Gasteiger partial charge on any atom is 0.317 e. The van der Waals surface area contributed by atoms with Gasteiger partial charge in [0.1, 0.15) is 0 Å². The zero-order valence-corrected chi connectivity index (χ0v) is 7.73. The summed E-state index contributed by atoms with van der Waals surface area (Å²) in [5.74, 6) is -0.786. The number of aliphatic carboxylic acids is 1. The molecule has 2 N–H and O–H groups in total. The highest BCUT2D eigenvalue weighted by Crippen LogP contribution is 2.20. The second kappa shape index (κ2) is 3.67. The van der Waals surface area contributed by atoms with E-state index in [1.807, 2.05) is 29.2 Å². The Bertz CT molecular complexity index is 352. The molecule has 1 aromatic carbocycles. The highest BCUT2D eigenvalue weighted by molar-refractivity contribution is 5.69. The van der Waals surface area contributed by atoms with Crippen LogP contribution in [-0.2, 0) is 11.3 Å². The van der Waals surface area contributed by atoms with Crippen LogP contribution in [0, 0.1) is 0 Å². The summed E-state index contributed by atoms with van der Waals surface area (Å²) in [4.78, 5) is 12.4. The molecule has 74 valence electrons. The molecule has 4 heteroatoms. The van der Waals surface area contributed by atoms with Crippen LogP contribution in [0.15, 0.2) is 24.3 Å². The first-order chi connectivity index (χ1) is 6.75. The van der Waals surface area contributed by atoms with E-state index < -0.39 is 5.97 Å². The maximum atomic E-state index is 10.5. The van der Waals surface area contributed by atoms with E-state index in [1.165, 1.54) is 0 Å². The summed E-state index contributed by atoms with van der Waals surface area (Å²) in [5, 5.41) is 11.8. The van der Waals surface area contributed by atoms with E-state index >= 15 is 0 Å². The Morgan fingerprint density at radius 1 is 1.50 bits per heavy atom. The lowest BCUT2D eigenvalue weighted by molar-refractivity contribution is -0.138. The van der Waals surface area contributed by atoms with Gasteiger partial charge in [-0.3, -0.25) is 9.69 Å². The van der Waals surface area contributed by atoms with Crippen molar-refractivity contribution in [2.75, 3.05) is 18.5 Å². The minimum Gasteiger partial charge on any atom is -0.480 e. The van der Waals surface area contributed by atoms with Crippen LogP contribution < -0.4 is 5.32 Å². The Morgan fingerprint density at radius 3 is 3.07 bits per heavy atom. The normalized spacial score (nSPS) is 15.7. The predicted octanol–water partition coefficient (Wildman–Crippen LogP) is 0.956. The van der Waals surface area contributed by atoms with Gasteiger partial charge in [0.15, 0.2) is 0 Å². The van der Waals surface area contributed by atoms with Gasteiger partial charge >= 0.3 is 5.97 Å². The molecule has 14 heavy (non-hydrogen) atoms. The van der Waals surface area contributed by atoms with E-state index in [1.54, 1.807) is 0 Å². The Balaban J connectivity index is 2.09. The van der Waals surface area contributed by atoms with Crippen LogP contribution in [-0.4, -0.2) is 29.2 Å². The van der Waals surface area contributed by atoms with Crippen LogP contribution in [0.3, 0.4) is 0 Å². The summed E-state index contributed by atoms with van der Waals surface area (Å²) in [7, 11) is 0. The average Bonchev–Trinajstić information content (AvgIpc) is 2.17. The molecule has 0 unspecified atom stereocenters. The largest absolute Gasteiger partial charge is 0.480 e. The number of para-hydroxylation sites is 1. The van der Waals surface area contributed by atoms with Crippen LogP contribution in [0.1, 0.15) is 5.56 Å². The van der Waals surface area contributed by atoms with Gasteiger partial charge in [-0.25, -0.2) is 0 Å². The van der Waals surface area contributed by atoms with Crippen molar-refractivity contribution in [3.05, 3.63) is 29.8 Å². The number of hydrogen-bond donors (Lipinski definition) is 2. The summed E-state index contributed by atoms with van der Waals surface area (Å²) in [6, 6.07) is 7.95. The van der Waals surface area contributed by atoms with Crippen LogP contribution in [0.5, 0.6) is 0 Å². The van der Waals surface area contributed by atoms with Crippen molar-refractivity contribution in [2.45, 2.75) is 6.54 Å². The van der Waals surface area contributed by atoms with Gasteiger partial charge in [-0.1, -0.05) is 18.2 Å². The third-order valence-electron chi connectivity index (χ3n) is 2.26. The van der Waals surface area contributed by atoms with Gasteiger partial charge in [-0.15, -0.1) is 0 Å². The first-order valence-corrected chi connectivity index (χ1v) is 4.51. The van der Waals surface area contributed by atoms with Crippen LogP contribution in [0.2, 0.25) is 0 Å².